The van der Waals surface area contributed by atoms with Crippen molar-refractivity contribution in [3.05, 3.63) is 54.1 Å². The number of carbonyl (C=O) groups excluding carboxylic acids is 1. The molecule has 0 atom stereocenters. The number of pyridine rings is 1. The summed E-state index contributed by atoms with van der Waals surface area (Å²) in [5.41, 5.74) is 0.514. The summed E-state index contributed by atoms with van der Waals surface area (Å²) in [6.45, 7) is 0. The summed E-state index contributed by atoms with van der Waals surface area (Å²) < 4.78 is 43.8. The van der Waals surface area contributed by atoms with E-state index in [2.05, 4.69) is 14.4 Å². The number of esters is 1. The molecule has 0 fully saturated rings. The molecule has 1 N–H and O–H groups in total. The summed E-state index contributed by atoms with van der Waals surface area (Å²) in [7, 11) is -2.70. The lowest BCUT2D eigenvalue weighted by Gasteiger charge is -2.08. The average molecular weight is 310 g/mol. The van der Waals surface area contributed by atoms with Crippen LogP contribution in [0.5, 0.6) is 0 Å². The summed E-state index contributed by atoms with van der Waals surface area (Å²) in [6, 6.07) is 6.48. The van der Waals surface area contributed by atoms with Gasteiger partial charge >= 0.3 is 5.97 Å². The molecule has 0 saturated heterocycles. The lowest BCUT2D eigenvalue weighted by Crippen LogP contribution is -2.13. The SMILES string of the molecule is COC(=O)c1ccc(NS(=O)(=O)c2cncc(F)c2)cc1. The van der Waals surface area contributed by atoms with Crippen molar-refractivity contribution >= 4 is 21.7 Å². The number of sulfonamides is 1. The first kappa shape index (κ1) is 14.9. The number of nitrogens with one attached hydrogen (secondary N) is 1. The van der Waals surface area contributed by atoms with Crippen LogP contribution in [-0.4, -0.2) is 26.5 Å². The van der Waals surface area contributed by atoms with Crippen molar-refractivity contribution in [1.29, 1.82) is 0 Å². The van der Waals surface area contributed by atoms with Crippen molar-refractivity contribution in [2.24, 2.45) is 0 Å². The number of anilines is 1. The summed E-state index contributed by atoms with van der Waals surface area (Å²) in [5, 5.41) is 0. The highest BCUT2D eigenvalue weighted by molar-refractivity contribution is 7.92. The number of aromatic nitrogens is 1. The molecule has 0 aliphatic rings. The van der Waals surface area contributed by atoms with E-state index >= 15 is 0 Å². The normalized spacial score (nSPS) is 11.0. The molecular weight excluding hydrogens is 299 g/mol. The Morgan fingerprint density at radius 1 is 1.24 bits per heavy atom. The second-order valence-corrected chi connectivity index (χ2v) is 5.70. The monoisotopic (exact) mass is 310 g/mol. The molecule has 0 amide bonds. The van der Waals surface area contributed by atoms with E-state index < -0.39 is 21.8 Å². The van der Waals surface area contributed by atoms with Gasteiger partial charge in [0, 0.05) is 11.9 Å². The number of nitrogens with zero attached hydrogens (tertiary/aromatic N) is 1. The van der Waals surface area contributed by atoms with E-state index in [9.17, 15) is 17.6 Å². The van der Waals surface area contributed by atoms with E-state index in [0.717, 1.165) is 18.5 Å². The first-order valence-electron chi connectivity index (χ1n) is 5.74. The van der Waals surface area contributed by atoms with Crippen LogP contribution in [0, 0.1) is 5.82 Å². The lowest BCUT2D eigenvalue weighted by atomic mass is 10.2. The van der Waals surface area contributed by atoms with Gasteiger partial charge in [-0.15, -0.1) is 0 Å². The van der Waals surface area contributed by atoms with Crippen molar-refractivity contribution in [3.63, 3.8) is 0 Å². The van der Waals surface area contributed by atoms with Gasteiger partial charge in [-0.05, 0) is 30.3 Å². The number of carbonyl (C=O) groups is 1. The second kappa shape index (κ2) is 5.88. The van der Waals surface area contributed by atoms with Crippen LogP contribution in [0.1, 0.15) is 10.4 Å². The largest absolute Gasteiger partial charge is 0.465 e. The van der Waals surface area contributed by atoms with Crippen LogP contribution < -0.4 is 4.72 Å². The Hall–Kier alpha value is -2.48. The smallest absolute Gasteiger partial charge is 0.337 e. The Kier molecular flexibility index (Phi) is 4.18. The standard InChI is InChI=1S/C13H11FN2O4S/c1-20-13(17)9-2-4-11(5-3-9)16-21(18,19)12-6-10(14)7-15-8-12/h2-8,16H,1H3. The molecule has 0 bridgehead atoms. The molecule has 6 nitrogen and oxygen atoms in total. The molecule has 1 heterocycles. The molecule has 1 aromatic heterocycles. The fraction of sp³-hybridized carbons (Fsp3) is 0.0769. The molecule has 1 aromatic carbocycles. The predicted octanol–water partition coefficient (Wildman–Crippen LogP) is 1.81. The molecule has 21 heavy (non-hydrogen) atoms. The molecule has 8 heteroatoms. The predicted molar refractivity (Wildman–Crippen MR) is 72.8 cm³/mol. The van der Waals surface area contributed by atoms with Gasteiger partial charge in [-0.1, -0.05) is 0 Å². The number of rotatable bonds is 4. The first-order chi connectivity index (χ1) is 9.92. The van der Waals surface area contributed by atoms with Gasteiger partial charge in [0.1, 0.15) is 10.7 Å². The van der Waals surface area contributed by atoms with E-state index in [4.69, 9.17) is 0 Å². The molecule has 2 aromatic rings. The third kappa shape index (κ3) is 3.54. The maximum atomic E-state index is 13.0. The number of methoxy groups -OCH3 is 1. The summed E-state index contributed by atoms with van der Waals surface area (Å²) in [5.74, 6) is -1.28. The maximum Gasteiger partial charge on any atom is 0.337 e. The van der Waals surface area contributed by atoms with Crippen LogP contribution in [0.4, 0.5) is 10.1 Å². The van der Waals surface area contributed by atoms with Crippen LogP contribution in [0.25, 0.3) is 0 Å². The molecule has 0 unspecified atom stereocenters. The van der Waals surface area contributed by atoms with Gasteiger partial charge in [0.15, 0.2) is 0 Å². The van der Waals surface area contributed by atoms with Crippen molar-refractivity contribution in [2.45, 2.75) is 4.90 Å². The van der Waals surface area contributed by atoms with E-state index in [1.54, 1.807) is 0 Å². The number of hydrogen-bond acceptors (Lipinski definition) is 5. The Bertz CT molecular complexity index is 760. The third-order valence-electron chi connectivity index (χ3n) is 2.55. The van der Waals surface area contributed by atoms with E-state index in [0.29, 0.717) is 0 Å². The lowest BCUT2D eigenvalue weighted by molar-refractivity contribution is 0.0601. The van der Waals surface area contributed by atoms with Gasteiger partial charge < -0.3 is 4.74 Å². The van der Waals surface area contributed by atoms with E-state index in [1.165, 1.54) is 31.4 Å². The fourth-order valence-electron chi connectivity index (χ4n) is 1.55. The van der Waals surface area contributed by atoms with Crippen LogP contribution in [0.3, 0.4) is 0 Å². The molecular formula is C13H11FN2O4S. The van der Waals surface area contributed by atoms with Gasteiger partial charge in [-0.3, -0.25) is 9.71 Å². The van der Waals surface area contributed by atoms with E-state index in [-0.39, 0.29) is 16.1 Å². The number of benzene rings is 1. The molecule has 0 radical (unpaired) electrons. The minimum absolute atomic E-state index is 0.229. The highest BCUT2D eigenvalue weighted by Gasteiger charge is 2.15. The number of ether oxygens (including phenoxy) is 1. The van der Waals surface area contributed by atoms with Crippen LogP contribution in [0.2, 0.25) is 0 Å². The van der Waals surface area contributed by atoms with Gasteiger partial charge in [-0.25, -0.2) is 17.6 Å². The third-order valence-corrected chi connectivity index (χ3v) is 3.90. The first-order valence-corrected chi connectivity index (χ1v) is 7.22. The van der Waals surface area contributed by atoms with Crippen molar-refractivity contribution in [2.75, 3.05) is 11.8 Å². The van der Waals surface area contributed by atoms with Gasteiger partial charge in [-0.2, -0.15) is 0 Å². The molecule has 0 saturated carbocycles. The quantitative estimate of drug-likeness (QED) is 0.870. The highest BCUT2D eigenvalue weighted by atomic mass is 32.2. The maximum absolute atomic E-state index is 13.0. The highest BCUT2D eigenvalue weighted by Crippen LogP contribution is 2.16. The summed E-state index contributed by atoms with van der Waals surface area (Å²) in [4.78, 5) is 14.5. The topological polar surface area (TPSA) is 85.4 Å². The number of hydrogen-bond donors (Lipinski definition) is 1. The van der Waals surface area contributed by atoms with Gasteiger partial charge in [0.2, 0.25) is 0 Å². The van der Waals surface area contributed by atoms with Crippen LogP contribution in [-0.2, 0) is 14.8 Å². The fourth-order valence-corrected chi connectivity index (χ4v) is 2.58. The Morgan fingerprint density at radius 2 is 1.90 bits per heavy atom. The second-order valence-electron chi connectivity index (χ2n) is 4.01. The average Bonchev–Trinajstić information content (AvgIpc) is 2.47. The van der Waals surface area contributed by atoms with Gasteiger partial charge in [0.05, 0.1) is 18.9 Å². The minimum atomic E-state index is -3.94. The zero-order chi connectivity index (χ0) is 15.5. The van der Waals surface area contributed by atoms with Crippen LogP contribution >= 0.6 is 0 Å². The van der Waals surface area contributed by atoms with Crippen LogP contribution in [0.15, 0.2) is 47.6 Å². The van der Waals surface area contributed by atoms with Crippen molar-refractivity contribution < 1.29 is 22.3 Å². The Morgan fingerprint density at radius 3 is 2.48 bits per heavy atom. The molecule has 2 rings (SSSR count). The zero-order valence-corrected chi connectivity index (χ0v) is 11.7. The number of halogens is 1. The zero-order valence-electron chi connectivity index (χ0n) is 10.9. The Labute approximate surface area is 120 Å². The van der Waals surface area contributed by atoms with Crippen molar-refractivity contribution in [3.8, 4) is 0 Å². The van der Waals surface area contributed by atoms with E-state index in [1.807, 2.05) is 0 Å². The summed E-state index contributed by atoms with van der Waals surface area (Å²) >= 11 is 0. The molecule has 0 spiro atoms. The summed E-state index contributed by atoms with van der Waals surface area (Å²) in [6.07, 6.45) is 1.94. The Balaban J connectivity index is 2.23. The van der Waals surface area contributed by atoms with Gasteiger partial charge in [0.25, 0.3) is 10.0 Å². The van der Waals surface area contributed by atoms with Crippen molar-refractivity contribution in [1.82, 2.24) is 4.98 Å². The molecule has 0 aliphatic carbocycles. The minimum Gasteiger partial charge on any atom is -0.465 e. The molecule has 0 aliphatic heterocycles. The molecule has 110 valence electrons.